The van der Waals surface area contributed by atoms with Crippen LogP contribution in [0.25, 0.3) is 0 Å². The zero-order valence-corrected chi connectivity index (χ0v) is 17.4. The van der Waals surface area contributed by atoms with Crippen molar-refractivity contribution in [3.63, 3.8) is 0 Å². The van der Waals surface area contributed by atoms with Crippen molar-refractivity contribution in [1.82, 2.24) is 9.97 Å². The number of β-amino-alcohol motifs (C(OH)–C–C–N with tert-alkyl or cyclic N) is 1. The minimum Gasteiger partial charge on any atom is -0.756 e. The van der Waals surface area contributed by atoms with Crippen LogP contribution in [-0.4, -0.2) is 61.6 Å². The van der Waals surface area contributed by atoms with E-state index in [1.807, 2.05) is 13.8 Å². The number of aliphatic hydroxyl groups excluding tert-OH is 3. The lowest BCUT2D eigenvalue weighted by Gasteiger charge is -2.35. The monoisotopic (exact) mass is 457 g/mol. The summed E-state index contributed by atoms with van der Waals surface area (Å²) in [7, 11) is -5.13. The number of phosphoric acid groups is 1. The molecule has 0 radical (unpaired) electrons. The van der Waals surface area contributed by atoms with Crippen molar-refractivity contribution in [2.45, 2.75) is 32.2 Å². The van der Waals surface area contributed by atoms with Gasteiger partial charge in [-0.1, -0.05) is 0 Å². The second-order valence-electron chi connectivity index (χ2n) is 7.21. The maximum atomic E-state index is 12.3. The molecule has 0 bridgehead atoms. The summed E-state index contributed by atoms with van der Waals surface area (Å²) < 4.78 is 14.7. The van der Waals surface area contributed by atoms with Gasteiger partial charge in [-0.05, 0) is 37.1 Å². The molecule has 3 rings (SSSR count). The molecule has 0 saturated heterocycles. The van der Waals surface area contributed by atoms with E-state index in [-0.39, 0.29) is 11.5 Å². The molecule has 4 atom stereocenters. The Morgan fingerprint density at radius 3 is 2.42 bits per heavy atom. The number of fused-ring (bicyclic) bond motifs is 2. The first-order chi connectivity index (χ1) is 14.4. The topological polar surface area (TPSA) is 211 Å². The molecule has 7 N–H and O–H groups in total. The molecule has 1 aliphatic heterocycles. The highest BCUT2D eigenvalue weighted by atomic mass is 31.2. The Hall–Kier alpha value is -2.51. The minimum absolute atomic E-state index is 0.00787. The van der Waals surface area contributed by atoms with Crippen LogP contribution < -0.4 is 26.4 Å². The van der Waals surface area contributed by atoms with E-state index in [9.17, 15) is 34.4 Å². The van der Waals surface area contributed by atoms with Gasteiger partial charge in [0.1, 0.15) is 29.8 Å². The van der Waals surface area contributed by atoms with Crippen LogP contribution in [0.2, 0.25) is 0 Å². The molecule has 1 aromatic carbocycles. The fourth-order valence-corrected chi connectivity index (χ4v) is 3.52. The molecule has 0 aliphatic carbocycles. The van der Waals surface area contributed by atoms with Crippen molar-refractivity contribution in [3.8, 4) is 0 Å². The number of rotatable bonds is 7. The number of nitrogens with one attached hydrogen (secondary N) is 3. The van der Waals surface area contributed by atoms with Crippen molar-refractivity contribution >= 4 is 30.7 Å². The maximum Gasteiger partial charge on any atom is 0.327 e. The number of nitrogens with zero attached hydrogens (tertiary/aromatic N) is 1. The number of H-pyrrole nitrogens is 2. The van der Waals surface area contributed by atoms with Crippen molar-refractivity contribution < 1.29 is 34.2 Å². The van der Waals surface area contributed by atoms with Crippen LogP contribution >= 0.6 is 7.82 Å². The van der Waals surface area contributed by atoms with E-state index in [4.69, 9.17) is 4.89 Å². The van der Waals surface area contributed by atoms with Gasteiger partial charge in [0.15, 0.2) is 0 Å². The van der Waals surface area contributed by atoms with E-state index < -0.39 is 50.5 Å². The van der Waals surface area contributed by atoms with Crippen molar-refractivity contribution in [2.24, 2.45) is 0 Å². The molecule has 0 saturated carbocycles. The van der Waals surface area contributed by atoms with E-state index in [1.165, 1.54) is 4.90 Å². The molecule has 2 aromatic rings. The number of aryl methyl sites for hydroxylation is 2. The number of aliphatic hydroxyl groups is 3. The predicted molar refractivity (Wildman–Crippen MR) is 108 cm³/mol. The van der Waals surface area contributed by atoms with E-state index in [1.54, 1.807) is 12.1 Å². The van der Waals surface area contributed by atoms with Crippen LogP contribution in [0.5, 0.6) is 0 Å². The van der Waals surface area contributed by atoms with Gasteiger partial charge >= 0.3 is 5.69 Å². The fourth-order valence-electron chi connectivity index (χ4n) is 3.18. The van der Waals surface area contributed by atoms with Gasteiger partial charge in [-0.2, -0.15) is 0 Å². The molecule has 0 spiro atoms. The van der Waals surface area contributed by atoms with Gasteiger partial charge in [0.2, 0.25) is 0 Å². The van der Waals surface area contributed by atoms with Crippen molar-refractivity contribution in [1.29, 1.82) is 0 Å². The average Bonchev–Trinajstić information content (AvgIpc) is 2.67. The van der Waals surface area contributed by atoms with E-state index >= 15 is 0 Å². The summed E-state index contributed by atoms with van der Waals surface area (Å²) in [6.07, 6.45) is -5.41. The maximum absolute atomic E-state index is 12.3. The van der Waals surface area contributed by atoms with Gasteiger partial charge in [0, 0.05) is 0 Å². The molecule has 1 aromatic heterocycles. The van der Waals surface area contributed by atoms with E-state index in [0.717, 1.165) is 11.1 Å². The van der Waals surface area contributed by atoms with Crippen LogP contribution in [0.15, 0.2) is 21.7 Å². The molecular weight excluding hydrogens is 435 g/mol. The highest BCUT2D eigenvalue weighted by molar-refractivity contribution is 7.44. The predicted octanol–water partition coefficient (Wildman–Crippen LogP) is -1.56. The first-order valence-electron chi connectivity index (χ1n) is 9.12. The van der Waals surface area contributed by atoms with Crippen LogP contribution in [0, 0.1) is 13.8 Å². The standard InChI is InChI=1S/C17H23N4O9P/c1-7-3-9-10(4-8(7)2)21(15-13(18-9)16(25)20-17(26)19-15)5-11(22)14(24)12(23)6-30-31(27,28)29/h3-4,11-12,14,18,22-24H,5-6H2,1-2H3,(H2,27,28,29)(H2,19,20,25,26)/p-1/t11-,12+,14-/m1/s1. The molecule has 0 amide bonds. The highest BCUT2D eigenvalue weighted by Crippen LogP contribution is 2.41. The SMILES string of the molecule is Cc1cc2c(cc1C)N(C[C@@H](O)[C@@H](O)[C@@H](O)COP(=O)([O-])O)c1[nH]c(=O)[nH]c(=O)c1N2. The molecule has 0 fully saturated rings. The number of hydrogen-bond donors (Lipinski definition) is 7. The lowest BCUT2D eigenvalue weighted by Crippen LogP contribution is -2.46. The third-order valence-corrected chi connectivity index (χ3v) is 5.40. The molecule has 1 aliphatic rings. The summed E-state index contributed by atoms with van der Waals surface area (Å²) in [4.78, 5) is 49.4. The third kappa shape index (κ3) is 5.05. The Morgan fingerprint density at radius 2 is 1.77 bits per heavy atom. The molecule has 2 heterocycles. The number of anilines is 4. The molecule has 13 nitrogen and oxygen atoms in total. The fraction of sp³-hybridized carbons (Fsp3) is 0.412. The first kappa shape index (κ1) is 23.2. The average molecular weight is 457 g/mol. The summed E-state index contributed by atoms with van der Waals surface area (Å²) in [5.41, 5.74) is 1.28. The Labute approximate surface area is 175 Å². The minimum atomic E-state index is -5.13. The molecule has 170 valence electrons. The van der Waals surface area contributed by atoms with Gasteiger partial charge in [0.25, 0.3) is 13.4 Å². The molecule has 31 heavy (non-hydrogen) atoms. The van der Waals surface area contributed by atoms with Gasteiger partial charge in [-0.3, -0.25) is 19.3 Å². The number of benzene rings is 1. The zero-order chi connectivity index (χ0) is 23.1. The molecule has 1 unspecified atom stereocenters. The molecular formula is C17H22N4O9P-. The highest BCUT2D eigenvalue weighted by Gasteiger charge is 2.32. The van der Waals surface area contributed by atoms with Crippen molar-refractivity contribution in [2.75, 3.05) is 23.4 Å². The number of aromatic amines is 2. The number of hydrogen-bond acceptors (Lipinski definition) is 10. The van der Waals surface area contributed by atoms with Crippen LogP contribution in [0.4, 0.5) is 22.9 Å². The first-order valence-corrected chi connectivity index (χ1v) is 10.6. The summed E-state index contributed by atoms with van der Waals surface area (Å²) in [5.74, 6) is 0.0286. The van der Waals surface area contributed by atoms with E-state index in [0.29, 0.717) is 11.4 Å². The second kappa shape index (κ2) is 8.55. The lowest BCUT2D eigenvalue weighted by molar-refractivity contribution is -0.223. The molecule has 14 heteroatoms. The Kier molecular flexibility index (Phi) is 6.39. The summed E-state index contributed by atoms with van der Waals surface area (Å²) in [5, 5.41) is 33.5. The quantitative estimate of drug-likeness (QED) is 0.236. The van der Waals surface area contributed by atoms with Crippen LogP contribution in [0.1, 0.15) is 11.1 Å². The lowest BCUT2D eigenvalue weighted by atomic mass is 10.0. The summed E-state index contributed by atoms with van der Waals surface area (Å²) in [6, 6.07) is 3.52. The summed E-state index contributed by atoms with van der Waals surface area (Å²) >= 11 is 0. The van der Waals surface area contributed by atoms with Gasteiger partial charge in [0.05, 0.1) is 24.5 Å². The normalized spacial score (nSPS) is 17.7. The van der Waals surface area contributed by atoms with Gasteiger partial charge in [-0.25, -0.2) is 4.79 Å². The van der Waals surface area contributed by atoms with E-state index in [2.05, 4.69) is 19.8 Å². The third-order valence-electron chi connectivity index (χ3n) is 4.92. The Bertz CT molecular complexity index is 1140. The van der Waals surface area contributed by atoms with Crippen molar-refractivity contribution in [3.05, 3.63) is 44.1 Å². The Morgan fingerprint density at radius 1 is 1.13 bits per heavy atom. The summed E-state index contributed by atoms with van der Waals surface area (Å²) in [6.45, 7) is 2.32. The zero-order valence-electron chi connectivity index (χ0n) is 16.5. The smallest absolute Gasteiger partial charge is 0.327 e. The largest absolute Gasteiger partial charge is 0.756 e. The van der Waals surface area contributed by atoms with Crippen LogP contribution in [-0.2, 0) is 9.09 Å². The Balaban J connectivity index is 1.95. The van der Waals surface area contributed by atoms with Gasteiger partial charge in [-0.15, -0.1) is 0 Å². The van der Waals surface area contributed by atoms with Gasteiger partial charge < -0.3 is 39.8 Å². The second-order valence-corrected chi connectivity index (χ2v) is 8.41. The van der Waals surface area contributed by atoms with Crippen LogP contribution in [0.3, 0.4) is 0 Å². The number of aromatic nitrogens is 2. The number of phosphoric ester groups is 1.